The SMILES string of the molecule is CC1CN(CC2(N)CCC2)CCCO1. The molecule has 2 rings (SSSR count). The molecule has 1 unspecified atom stereocenters. The second kappa shape index (κ2) is 4.17. The average molecular weight is 198 g/mol. The highest BCUT2D eigenvalue weighted by atomic mass is 16.5. The maximum atomic E-state index is 6.25. The maximum absolute atomic E-state index is 6.25. The summed E-state index contributed by atoms with van der Waals surface area (Å²) >= 11 is 0. The van der Waals surface area contributed by atoms with Crippen LogP contribution < -0.4 is 5.73 Å². The van der Waals surface area contributed by atoms with E-state index in [9.17, 15) is 0 Å². The lowest BCUT2D eigenvalue weighted by atomic mass is 9.77. The van der Waals surface area contributed by atoms with Gasteiger partial charge in [0, 0.05) is 31.8 Å². The standard InChI is InChI=1S/C11H22N2O/c1-10-8-13(6-3-7-14-10)9-11(12)4-2-5-11/h10H,2-9,12H2,1H3. The molecule has 82 valence electrons. The lowest BCUT2D eigenvalue weighted by molar-refractivity contribution is 0.0597. The van der Waals surface area contributed by atoms with Crippen LogP contribution in [0.15, 0.2) is 0 Å². The van der Waals surface area contributed by atoms with Gasteiger partial charge in [-0.05, 0) is 32.6 Å². The Morgan fingerprint density at radius 2 is 2.21 bits per heavy atom. The number of nitrogens with zero attached hydrogens (tertiary/aromatic N) is 1. The highest BCUT2D eigenvalue weighted by molar-refractivity contribution is 4.95. The Balaban J connectivity index is 1.83. The van der Waals surface area contributed by atoms with E-state index in [4.69, 9.17) is 10.5 Å². The lowest BCUT2D eigenvalue weighted by Crippen LogP contribution is -2.55. The minimum absolute atomic E-state index is 0.129. The molecule has 2 N–H and O–H groups in total. The van der Waals surface area contributed by atoms with Crippen LogP contribution in [-0.2, 0) is 4.74 Å². The highest BCUT2D eigenvalue weighted by Gasteiger charge is 2.34. The number of ether oxygens (including phenoxy) is 1. The van der Waals surface area contributed by atoms with Gasteiger partial charge in [-0.25, -0.2) is 0 Å². The first-order valence-corrected chi connectivity index (χ1v) is 5.81. The molecule has 14 heavy (non-hydrogen) atoms. The summed E-state index contributed by atoms with van der Waals surface area (Å²) in [5.41, 5.74) is 6.38. The van der Waals surface area contributed by atoms with Crippen LogP contribution in [0.2, 0.25) is 0 Å². The molecule has 3 nitrogen and oxygen atoms in total. The summed E-state index contributed by atoms with van der Waals surface area (Å²) < 4.78 is 5.62. The fourth-order valence-electron chi connectivity index (χ4n) is 2.46. The van der Waals surface area contributed by atoms with Crippen LogP contribution >= 0.6 is 0 Å². The molecule has 1 aliphatic heterocycles. The smallest absolute Gasteiger partial charge is 0.0673 e. The van der Waals surface area contributed by atoms with E-state index < -0.39 is 0 Å². The van der Waals surface area contributed by atoms with E-state index in [0.717, 1.165) is 32.7 Å². The van der Waals surface area contributed by atoms with Crippen LogP contribution in [0.1, 0.15) is 32.6 Å². The van der Waals surface area contributed by atoms with E-state index in [1.54, 1.807) is 0 Å². The van der Waals surface area contributed by atoms with E-state index in [0.29, 0.717) is 6.10 Å². The third-order valence-electron chi connectivity index (χ3n) is 3.42. The molecule has 1 saturated heterocycles. The van der Waals surface area contributed by atoms with Crippen LogP contribution in [0.25, 0.3) is 0 Å². The van der Waals surface area contributed by atoms with Crippen molar-refractivity contribution in [1.29, 1.82) is 0 Å². The van der Waals surface area contributed by atoms with Crippen molar-refractivity contribution in [3.8, 4) is 0 Å². The van der Waals surface area contributed by atoms with Gasteiger partial charge in [0.25, 0.3) is 0 Å². The Kier molecular flexibility index (Phi) is 3.10. The summed E-state index contributed by atoms with van der Waals surface area (Å²) in [4.78, 5) is 2.48. The summed E-state index contributed by atoms with van der Waals surface area (Å²) in [6.07, 6.45) is 5.26. The van der Waals surface area contributed by atoms with Gasteiger partial charge in [0.1, 0.15) is 0 Å². The normalized spacial score (nSPS) is 33.4. The van der Waals surface area contributed by atoms with E-state index in [1.165, 1.54) is 19.3 Å². The van der Waals surface area contributed by atoms with Crippen molar-refractivity contribution in [3.05, 3.63) is 0 Å². The second-order valence-electron chi connectivity index (χ2n) is 4.99. The van der Waals surface area contributed by atoms with Crippen LogP contribution in [0.3, 0.4) is 0 Å². The quantitative estimate of drug-likeness (QED) is 0.719. The largest absolute Gasteiger partial charge is 0.377 e. The van der Waals surface area contributed by atoms with Gasteiger partial charge in [-0.2, -0.15) is 0 Å². The molecule has 1 saturated carbocycles. The van der Waals surface area contributed by atoms with Gasteiger partial charge in [-0.1, -0.05) is 0 Å². The Morgan fingerprint density at radius 3 is 2.86 bits per heavy atom. The second-order valence-corrected chi connectivity index (χ2v) is 4.99. The van der Waals surface area contributed by atoms with Crippen molar-refractivity contribution in [2.45, 2.75) is 44.2 Å². The zero-order valence-electron chi connectivity index (χ0n) is 9.17. The molecule has 2 fully saturated rings. The predicted octanol–water partition coefficient (Wildman–Crippen LogP) is 0.979. The van der Waals surface area contributed by atoms with Gasteiger partial charge in [0.15, 0.2) is 0 Å². The van der Waals surface area contributed by atoms with Crippen molar-refractivity contribution in [2.75, 3.05) is 26.2 Å². The van der Waals surface area contributed by atoms with Gasteiger partial charge in [0.2, 0.25) is 0 Å². The van der Waals surface area contributed by atoms with Crippen LogP contribution in [0.4, 0.5) is 0 Å². The Bertz CT molecular complexity index is 192. The molecule has 1 heterocycles. The fourth-order valence-corrected chi connectivity index (χ4v) is 2.46. The molecular weight excluding hydrogens is 176 g/mol. The van der Waals surface area contributed by atoms with Crippen molar-refractivity contribution < 1.29 is 4.74 Å². The van der Waals surface area contributed by atoms with Gasteiger partial charge < -0.3 is 10.5 Å². The maximum Gasteiger partial charge on any atom is 0.0673 e. The predicted molar refractivity (Wildman–Crippen MR) is 57.2 cm³/mol. The zero-order chi connectivity index (χ0) is 10.0. The van der Waals surface area contributed by atoms with E-state index in [2.05, 4.69) is 11.8 Å². The molecule has 0 aromatic carbocycles. The van der Waals surface area contributed by atoms with Gasteiger partial charge >= 0.3 is 0 Å². The lowest BCUT2D eigenvalue weighted by Gasteiger charge is -2.42. The summed E-state index contributed by atoms with van der Waals surface area (Å²) in [7, 11) is 0. The van der Waals surface area contributed by atoms with Crippen LogP contribution in [-0.4, -0.2) is 42.8 Å². The molecule has 3 heteroatoms. The average Bonchev–Trinajstić information content (AvgIpc) is 2.27. The monoisotopic (exact) mass is 198 g/mol. The number of rotatable bonds is 2. The first kappa shape index (κ1) is 10.4. The third-order valence-corrected chi connectivity index (χ3v) is 3.42. The molecule has 2 aliphatic rings. The first-order chi connectivity index (χ1) is 6.68. The molecule has 0 spiro atoms. The van der Waals surface area contributed by atoms with Gasteiger partial charge in [0.05, 0.1) is 6.10 Å². The highest BCUT2D eigenvalue weighted by Crippen LogP contribution is 2.30. The first-order valence-electron chi connectivity index (χ1n) is 5.81. The summed E-state index contributed by atoms with van der Waals surface area (Å²) in [6, 6.07) is 0. The zero-order valence-corrected chi connectivity index (χ0v) is 9.17. The van der Waals surface area contributed by atoms with E-state index in [-0.39, 0.29) is 5.54 Å². The third kappa shape index (κ3) is 2.47. The van der Waals surface area contributed by atoms with Crippen molar-refractivity contribution in [1.82, 2.24) is 4.90 Å². The number of hydrogen-bond acceptors (Lipinski definition) is 3. The van der Waals surface area contributed by atoms with Gasteiger partial charge in [-0.3, -0.25) is 4.90 Å². The van der Waals surface area contributed by atoms with Crippen molar-refractivity contribution >= 4 is 0 Å². The molecule has 0 aromatic heterocycles. The Morgan fingerprint density at radius 1 is 1.43 bits per heavy atom. The van der Waals surface area contributed by atoms with Crippen molar-refractivity contribution in [3.63, 3.8) is 0 Å². The Hall–Kier alpha value is -0.120. The topological polar surface area (TPSA) is 38.5 Å². The minimum atomic E-state index is 0.129. The van der Waals surface area contributed by atoms with E-state index >= 15 is 0 Å². The molecule has 0 radical (unpaired) electrons. The van der Waals surface area contributed by atoms with Gasteiger partial charge in [-0.15, -0.1) is 0 Å². The number of hydrogen-bond donors (Lipinski definition) is 1. The molecule has 0 amide bonds. The fraction of sp³-hybridized carbons (Fsp3) is 1.00. The van der Waals surface area contributed by atoms with E-state index in [1.807, 2.05) is 0 Å². The number of nitrogens with two attached hydrogens (primary N) is 1. The summed E-state index contributed by atoms with van der Waals surface area (Å²) in [5, 5.41) is 0. The molecule has 0 bridgehead atoms. The van der Waals surface area contributed by atoms with Crippen molar-refractivity contribution in [2.24, 2.45) is 5.73 Å². The Labute approximate surface area is 86.6 Å². The molecule has 1 atom stereocenters. The van der Waals surface area contributed by atoms with Crippen LogP contribution in [0.5, 0.6) is 0 Å². The van der Waals surface area contributed by atoms with Crippen LogP contribution in [0, 0.1) is 0 Å². The summed E-state index contributed by atoms with van der Waals surface area (Å²) in [6.45, 7) is 6.35. The molecular formula is C11H22N2O. The summed E-state index contributed by atoms with van der Waals surface area (Å²) in [5.74, 6) is 0. The molecule has 0 aromatic rings. The minimum Gasteiger partial charge on any atom is -0.377 e. The molecule has 1 aliphatic carbocycles.